The maximum Gasteiger partial charge on any atom is 0.287 e. The minimum absolute atomic E-state index is 0.215. The molecule has 0 radical (unpaired) electrons. The summed E-state index contributed by atoms with van der Waals surface area (Å²) in [7, 11) is 1.73. The molecule has 1 amide bonds. The molecule has 128 valence electrons. The molecule has 0 aliphatic heterocycles. The van der Waals surface area contributed by atoms with Gasteiger partial charge in [-0.1, -0.05) is 30.3 Å². The highest BCUT2D eigenvalue weighted by Crippen LogP contribution is 2.01. The van der Waals surface area contributed by atoms with Gasteiger partial charge in [-0.25, -0.2) is 0 Å². The molecule has 2 aromatic rings. The third-order valence-corrected chi connectivity index (χ3v) is 3.45. The molecule has 1 heterocycles. The summed E-state index contributed by atoms with van der Waals surface area (Å²) in [4.78, 5) is 15.8. The van der Waals surface area contributed by atoms with Gasteiger partial charge in [0.2, 0.25) is 0 Å². The lowest BCUT2D eigenvalue weighted by molar-refractivity contribution is 0.0926. The highest BCUT2D eigenvalue weighted by molar-refractivity contribution is 5.91. The van der Waals surface area contributed by atoms with Crippen LogP contribution in [-0.4, -0.2) is 38.5 Å². The lowest BCUT2D eigenvalue weighted by Crippen LogP contribution is -2.41. The van der Waals surface area contributed by atoms with Crippen molar-refractivity contribution in [3.05, 3.63) is 60.1 Å². The molecule has 0 unspecified atom stereocenters. The molecular weight excluding hydrogens is 304 g/mol. The van der Waals surface area contributed by atoms with Crippen LogP contribution in [0.2, 0.25) is 0 Å². The largest absolute Gasteiger partial charge is 0.459 e. The summed E-state index contributed by atoms with van der Waals surface area (Å²) >= 11 is 0. The molecule has 0 saturated heterocycles. The molecule has 6 heteroatoms. The minimum Gasteiger partial charge on any atom is -0.459 e. The number of hydrogen-bond acceptors (Lipinski definition) is 3. The van der Waals surface area contributed by atoms with Crippen molar-refractivity contribution in [3.63, 3.8) is 0 Å². The Morgan fingerprint density at radius 1 is 1.00 bits per heavy atom. The number of hydrogen-bond donors (Lipinski definition) is 3. The first-order valence-corrected chi connectivity index (χ1v) is 8.10. The van der Waals surface area contributed by atoms with Gasteiger partial charge in [0.15, 0.2) is 11.7 Å². The first kappa shape index (κ1) is 17.6. The van der Waals surface area contributed by atoms with Crippen LogP contribution in [0.5, 0.6) is 0 Å². The quantitative estimate of drug-likeness (QED) is 0.392. The Labute approximate surface area is 142 Å². The molecule has 6 nitrogen and oxygen atoms in total. The maximum atomic E-state index is 11.7. The van der Waals surface area contributed by atoms with Crippen molar-refractivity contribution in [1.82, 2.24) is 16.0 Å². The van der Waals surface area contributed by atoms with E-state index in [9.17, 15) is 4.79 Å². The van der Waals surface area contributed by atoms with E-state index in [0.717, 1.165) is 25.3 Å². The molecule has 0 spiro atoms. The van der Waals surface area contributed by atoms with Crippen molar-refractivity contribution < 1.29 is 9.21 Å². The summed E-state index contributed by atoms with van der Waals surface area (Å²) in [6.07, 6.45) is 3.54. The maximum absolute atomic E-state index is 11.7. The summed E-state index contributed by atoms with van der Waals surface area (Å²) in [6, 6.07) is 13.7. The van der Waals surface area contributed by atoms with Gasteiger partial charge in [-0.15, -0.1) is 0 Å². The zero-order chi connectivity index (χ0) is 17.0. The van der Waals surface area contributed by atoms with E-state index in [-0.39, 0.29) is 5.91 Å². The van der Waals surface area contributed by atoms with Gasteiger partial charge in [0, 0.05) is 26.7 Å². The average Bonchev–Trinajstić information content (AvgIpc) is 3.16. The molecule has 1 aromatic heterocycles. The van der Waals surface area contributed by atoms with Crippen molar-refractivity contribution in [1.29, 1.82) is 0 Å². The molecule has 0 atom stereocenters. The summed E-state index contributed by atoms with van der Waals surface area (Å²) in [6.45, 7) is 1.92. The first-order chi connectivity index (χ1) is 11.8. The molecule has 2 rings (SSSR count). The Morgan fingerprint density at radius 3 is 2.46 bits per heavy atom. The third-order valence-electron chi connectivity index (χ3n) is 3.45. The van der Waals surface area contributed by atoms with Crippen molar-refractivity contribution >= 4 is 11.9 Å². The van der Waals surface area contributed by atoms with E-state index in [1.54, 1.807) is 19.2 Å². The fourth-order valence-electron chi connectivity index (χ4n) is 2.22. The van der Waals surface area contributed by atoms with Gasteiger partial charge in [-0.2, -0.15) is 0 Å². The number of amides is 1. The predicted octanol–water partition coefficient (Wildman–Crippen LogP) is 1.81. The van der Waals surface area contributed by atoms with Gasteiger partial charge in [-0.05, 0) is 30.5 Å². The van der Waals surface area contributed by atoms with Crippen LogP contribution in [0.1, 0.15) is 22.5 Å². The van der Waals surface area contributed by atoms with E-state index >= 15 is 0 Å². The number of furan rings is 1. The van der Waals surface area contributed by atoms with Gasteiger partial charge in [0.25, 0.3) is 5.91 Å². The normalized spacial score (nSPS) is 11.1. The monoisotopic (exact) mass is 328 g/mol. The van der Waals surface area contributed by atoms with Gasteiger partial charge in [0.05, 0.1) is 6.26 Å². The molecule has 1 aromatic carbocycles. The highest BCUT2D eigenvalue weighted by atomic mass is 16.3. The second-order valence-corrected chi connectivity index (χ2v) is 5.25. The summed E-state index contributed by atoms with van der Waals surface area (Å²) in [5.41, 5.74) is 1.34. The lowest BCUT2D eigenvalue weighted by atomic mass is 10.1. The zero-order valence-electron chi connectivity index (χ0n) is 13.9. The number of benzene rings is 1. The fourth-order valence-corrected chi connectivity index (χ4v) is 2.22. The second-order valence-electron chi connectivity index (χ2n) is 5.25. The SMILES string of the molecule is CN=C(NCCCc1ccccc1)NCCNC(=O)c1ccco1. The molecule has 0 bridgehead atoms. The van der Waals surface area contributed by atoms with Gasteiger partial charge >= 0.3 is 0 Å². The van der Waals surface area contributed by atoms with E-state index in [0.29, 0.717) is 18.8 Å². The van der Waals surface area contributed by atoms with Crippen LogP contribution in [0.25, 0.3) is 0 Å². The van der Waals surface area contributed by atoms with Crippen LogP contribution in [-0.2, 0) is 6.42 Å². The molecule has 3 N–H and O–H groups in total. The Bertz CT molecular complexity index is 624. The lowest BCUT2D eigenvalue weighted by Gasteiger charge is -2.12. The Balaban J connectivity index is 1.56. The number of carbonyl (C=O) groups excluding carboxylic acids is 1. The van der Waals surface area contributed by atoms with E-state index in [2.05, 4.69) is 45.2 Å². The van der Waals surface area contributed by atoms with E-state index in [1.807, 2.05) is 6.07 Å². The smallest absolute Gasteiger partial charge is 0.287 e. The standard InChI is InChI=1S/C18H24N4O2/c1-19-18(21-11-5-9-15-7-3-2-4-8-15)22-13-12-20-17(23)16-10-6-14-24-16/h2-4,6-8,10,14H,5,9,11-13H2,1H3,(H,20,23)(H2,19,21,22). The Morgan fingerprint density at radius 2 is 1.75 bits per heavy atom. The fraction of sp³-hybridized carbons (Fsp3) is 0.333. The van der Waals surface area contributed by atoms with Crippen LogP contribution >= 0.6 is 0 Å². The average molecular weight is 328 g/mol. The Hall–Kier alpha value is -2.76. The van der Waals surface area contributed by atoms with E-state index in [4.69, 9.17) is 4.42 Å². The number of aryl methyl sites for hydroxylation is 1. The number of carbonyl (C=O) groups is 1. The minimum atomic E-state index is -0.215. The molecular formula is C18H24N4O2. The molecule has 24 heavy (non-hydrogen) atoms. The zero-order valence-corrected chi connectivity index (χ0v) is 13.9. The number of guanidine groups is 1. The first-order valence-electron chi connectivity index (χ1n) is 8.10. The Kier molecular flexibility index (Phi) is 7.40. The molecule has 0 aliphatic carbocycles. The number of aliphatic imine (C=N–C) groups is 1. The second kappa shape index (κ2) is 10.1. The van der Waals surface area contributed by atoms with Crippen LogP contribution < -0.4 is 16.0 Å². The molecule has 0 aliphatic rings. The molecule has 0 fully saturated rings. The number of nitrogens with one attached hydrogen (secondary N) is 3. The number of nitrogens with zero attached hydrogens (tertiary/aromatic N) is 1. The van der Waals surface area contributed by atoms with Gasteiger partial charge in [0.1, 0.15) is 0 Å². The van der Waals surface area contributed by atoms with Gasteiger partial charge in [-0.3, -0.25) is 9.79 Å². The molecule has 0 saturated carbocycles. The topological polar surface area (TPSA) is 78.7 Å². The number of rotatable bonds is 8. The van der Waals surface area contributed by atoms with Gasteiger partial charge < -0.3 is 20.4 Å². The van der Waals surface area contributed by atoms with Crippen LogP contribution in [0.3, 0.4) is 0 Å². The highest BCUT2D eigenvalue weighted by Gasteiger charge is 2.06. The summed E-state index contributed by atoms with van der Waals surface area (Å²) < 4.78 is 5.03. The third kappa shape index (κ3) is 6.16. The van der Waals surface area contributed by atoms with Crippen molar-refractivity contribution in [2.75, 3.05) is 26.7 Å². The van der Waals surface area contributed by atoms with Crippen molar-refractivity contribution in [2.24, 2.45) is 4.99 Å². The van der Waals surface area contributed by atoms with Crippen LogP contribution in [0.15, 0.2) is 58.1 Å². The summed E-state index contributed by atoms with van der Waals surface area (Å²) in [5, 5.41) is 9.20. The van der Waals surface area contributed by atoms with Crippen molar-refractivity contribution in [2.45, 2.75) is 12.8 Å². The van der Waals surface area contributed by atoms with Crippen molar-refractivity contribution in [3.8, 4) is 0 Å². The van der Waals surface area contributed by atoms with Crippen LogP contribution in [0, 0.1) is 0 Å². The van der Waals surface area contributed by atoms with Crippen LogP contribution in [0.4, 0.5) is 0 Å². The predicted molar refractivity (Wildman–Crippen MR) is 95.2 cm³/mol. The van der Waals surface area contributed by atoms with E-state index in [1.165, 1.54) is 11.8 Å². The summed E-state index contributed by atoms with van der Waals surface area (Å²) in [5.74, 6) is 0.835. The van der Waals surface area contributed by atoms with E-state index < -0.39 is 0 Å².